The zero-order valence-electron chi connectivity index (χ0n) is 17.4. The summed E-state index contributed by atoms with van der Waals surface area (Å²) >= 11 is 0. The van der Waals surface area contributed by atoms with Gasteiger partial charge in [-0.05, 0) is 50.9 Å². The van der Waals surface area contributed by atoms with Crippen molar-refractivity contribution in [3.05, 3.63) is 0 Å². The van der Waals surface area contributed by atoms with E-state index in [1.165, 1.54) is 0 Å². The van der Waals surface area contributed by atoms with Gasteiger partial charge in [-0.3, -0.25) is 0 Å². The SMILES string of the molecule is CCO[Si](CCCC[Si](OCC)(OCC)C(C)C)(OCC)C(C)C. The van der Waals surface area contributed by atoms with E-state index in [1.807, 2.05) is 0 Å². The molecule has 0 aromatic carbocycles. The van der Waals surface area contributed by atoms with Crippen LogP contribution in [0, 0.1) is 0 Å². The van der Waals surface area contributed by atoms with E-state index in [-0.39, 0.29) is 0 Å². The maximum absolute atomic E-state index is 6.17. The smallest absolute Gasteiger partial charge is 0.340 e. The van der Waals surface area contributed by atoms with Gasteiger partial charge in [-0.15, -0.1) is 0 Å². The van der Waals surface area contributed by atoms with Crippen molar-refractivity contribution in [2.45, 2.75) is 91.4 Å². The summed E-state index contributed by atoms with van der Waals surface area (Å²) in [5, 5.41) is 0. The Morgan fingerprint density at radius 3 is 0.958 bits per heavy atom. The molecule has 4 nitrogen and oxygen atoms in total. The summed E-state index contributed by atoms with van der Waals surface area (Å²) in [5.74, 6) is 0. The topological polar surface area (TPSA) is 36.9 Å². The lowest BCUT2D eigenvalue weighted by Crippen LogP contribution is -2.46. The number of unbranched alkanes of at least 4 members (excludes halogenated alkanes) is 1. The largest absolute Gasteiger partial charge is 0.394 e. The first-order valence-corrected chi connectivity index (χ1v) is 14.1. The van der Waals surface area contributed by atoms with Crippen LogP contribution in [0.15, 0.2) is 0 Å². The lowest BCUT2D eigenvalue weighted by atomic mass is 10.4. The average molecular weight is 379 g/mol. The molecule has 0 bridgehead atoms. The molecule has 0 atom stereocenters. The molecule has 0 aliphatic rings. The molecule has 0 radical (unpaired) electrons. The number of hydrogen-bond acceptors (Lipinski definition) is 4. The van der Waals surface area contributed by atoms with Crippen molar-refractivity contribution < 1.29 is 17.7 Å². The van der Waals surface area contributed by atoms with Gasteiger partial charge in [-0.2, -0.15) is 0 Å². The van der Waals surface area contributed by atoms with Crippen molar-refractivity contribution in [3.8, 4) is 0 Å². The Morgan fingerprint density at radius 2 is 0.792 bits per heavy atom. The highest BCUT2D eigenvalue weighted by atomic mass is 28.4. The van der Waals surface area contributed by atoms with E-state index >= 15 is 0 Å². The van der Waals surface area contributed by atoms with Crippen molar-refractivity contribution in [3.63, 3.8) is 0 Å². The minimum Gasteiger partial charge on any atom is -0.394 e. The highest BCUT2D eigenvalue weighted by molar-refractivity contribution is 6.69. The number of rotatable bonds is 15. The molecule has 0 saturated carbocycles. The van der Waals surface area contributed by atoms with Crippen molar-refractivity contribution in [1.82, 2.24) is 0 Å². The van der Waals surface area contributed by atoms with Crippen molar-refractivity contribution in [2.75, 3.05) is 26.4 Å². The van der Waals surface area contributed by atoms with Gasteiger partial charge in [0.25, 0.3) is 0 Å². The van der Waals surface area contributed by atoms with Crippen LogP contribution in [0.5, 0.6) is 0 Å². The zero-order chi connectivity index (χ0) is 18.6. The second kappa shape index (κ2) is 12.6. The standard InChI is InChI=1S/C18H42O4Si2/c1-9-19-23(17(5)6,20-10-2)15-13-14-16-24(18(7)8,21-11-3)22-12-4/h17-18H,9-16H2,1-8H3. The van der Waals surface area contributed by atoms with E-state index in [0.29, 0.717) is 11.1 Å². The first kappa shape index (κ1) is 24.3. The molecule has 0 unspecified atom stereocenters. The Labute approximate surface area is 153 Å². The van der Waals surface area contributed by atoms with E-state index < -0.39 is 17.1 Å². The minimum atomic E-state index is -2.10. The van der Waals surface area contributed by atoms with E-state index in [0.717, 1.165) is 51.4 Å². The van der Waals surface area contributed by atoms with Crippen LogP contribution in [-0.2, 0) is 17.7 Å². The lowest BCUT2D eigenvalue weighted by Gasteiger charge is -2.35. The summed E-state index contributed by atoms with van der Waals surface area (Å²) in [6, 6.07) is 2.13. The van der Waals surface area contributed by atoms with Gasteiger partial charge >= 0.3 is 17.1 Å². The molecule has 0 saturated heterocycles. The lowest BCUT2D eigenvalue weighted by molar-refractivity contribution is 0.169. The van der Waals surface area contributed by atoms with Crippen LogP contribution in [-0.4, -0.2) is 43.5 Å². The molecule has 0 N–H and O–H groups in total. The van der Waals surface area contributed by atoms with E-state index in [9.17, 15) is 0 Å². The second-order valence-electron chi connectivity index (χ2n) is 6.87. The Hall–Kier alpha value is 0.274. The molecule has 6 heteroatoms. The Kier molecular flexibility index (Phi) is 12.7. The van der Waals surface area contributed by atoms with E-state index in [4.69, 9.17) is 17.7 Å². The van der Waals surface area contributed by atoms with Gasteiger partial charge in [0, 0.05) is 26.4 Å². The van der Waals surface area contributed by atoms with Crippen LogP contribution in [0.4, 0.5) is 0 Å². The Morgan fingerprint density at radius 1 is 0.542 bits per heavy atom. The molecule has 0 aromatic rings. The van der Waals surface area contributed by atoms with Crippen LogP contribution in [0.25, 0.3) is 0 Å². The molecule has 0 aliphatic heterocycles. The van der Waals surface area contributed by atoms with E-state index in [2.05, 4.69) is 55.4 Å². The normalized spacial score (nSPS) is 13.2. The zero-order valence-corrected chi connectivity index (χ0v) is 19.4. The van der Waals surface area contributed by atoms with Crippen molar-refractivity contribution >= 4 is 17.1 Å². The Bertz CT molecular complexity index is 269. The highest BCUT2D eigenvalue weighted by Crippen LogP contribution is 2.33. The summed E-state index contributed by atoms with van der Waals surface area (Å²) in [5.41, 5.74) is 0.951. The summed E-state index contributed by atoms with van der Waals surface area (Å²) in [7, 11) is -4.20. The fraction of sp³-hybridized carbons (Fsp3) is 1.00. The van der Waals surface area contributed by atoms with Crippen LogP contribution >= 0.6 is 0 Å². The molecular formula is C18H42O4Si2. The summed E-state index contributed by atoms with van der Waals surface area (Å²) in [6.45, 7) is 20.2. The van der Waals surface area contributed by atoms with Gasteiger partial charge in [0.1, 0.15) is 0 Å². The van der Waals surface area contributed by atoms with Crippen molar-refractivity contribution in [1.29, 1.82) is 0 Å². The first-order chi connectivity index (χ1) is 11.3. The predicted molar refractivity (Wildman–Crippen MR) is 107 cm³/mol. The summed E-state index contributed by atoms with van der Waals surface area (Å²) in [6.07, 6.45) is 2.26. The van der Waals surface area contributed by atoms with Crippen molar-refractivity contribution in [2.24, 2.45) is 0 Å². The maximum atomic E-state index is 6.17. The molecule has 0 rings (SSSR count). The molecule has 0 spiro atoms. The van der Waals surface area contributed by atoms with Crippen LogP contribution in [0.3, 0.4) is 0 Å². The monoisotopic (exact) mass is 378 g/mol. The highest BCUT2D eigenvalue weighted by Gasteiger charge is 2.42. The minimum absolute atomic E-state index is 0.475. The predicted octanol–water partition coefficient (Wildman–Crippen LogP) is 5.62. The Balaban J connectivity index is 4.78. The number of hydrogen-bond donors (Lipinski definition) is 0. The fourth-order valence-electron chi connectivity index (χ4n) is 3.34. The molecular weight excluding hydrogens is 336 g/mol. The van der Waals surface area contributed by atoms with Gasteiger partial charge in [0.05, 0.1) is 0 Å². The first-order valence-electron chi connectivity index (χ1n) is 9.89. The molecule has 0 amide bonds. The third-order valence-electron chi connectivity index (χ3n) is 4.61. The molecule has 0 heterocycles. The maximum Gasteiger partial charge on any atom is 0.340 e. The fourth-order valence-corrected chi connectivity index (χ4v) is 10.0. The van der Waals surface area contributed by atoms with Gasteiger partial charge in [0.2, 0.25) is 0 Å². The van der Waals surface area contributed by atoms with Crippen LogP contribution in [0.1, 0.15) is 68.2 Å². The average Bonchev–Trinajstić information content (AvgIpc) is 2.51. The van der Waals surface area contributed by atoms with Gasteiger partial charge in [-0.1, -0.05) is 40.5 Å². The van der Waals surface area contributed by atoms with Crippen LogP contribution < -0.4 is 0 Å². The summed E-state index contributed by atoms with van der Waals surface area (Å²) in [4.78, 5) is 0. The molecule has 0 fully saturated rings. The molecule has 24 heavy (non-hydrogen) atoms. The molecule has 0 aromatic heterocycles. The van der Waals surface area contributed by atoms with E-state index in [1.54, 1.807) is 0 Å². The second-order valence-corrected chi connectivity index (χ2v) is 14.6. The van der Waals surface area contributed by atoms with Gasteiger partial charge in [0.15, 0.2) is 0 Å². The quantitative estimate of drug-likeness (QED) is 0.274. The third kappa shape index (κ3) is 7.26. The molecule has 0 aliphatic carbocycles. The summed E-state index contributed by atoms with van der Waals surface area (Å²) < 4.78 is 24.7. The van der Waals surface area contributed by atoms with Crippen LogP contribution in [0.2, 0.25) is 23.2 Å². The third-order valence-corrected chi connectivity index (χ3v) is 13.3. The van der Waals surface area contributed by atoms with Gasteiger partial charge in [-0.25, -0.2) is 0 Å². The van der Waals surface area contributed by atoms with Gasteiger partial charge < -0.3 is 17.7 Å². The molecule has 146 valence electrons.